The maximum Gasteiger partial charge on any atom is 0.191 e. The van der Waals surface area contributed by atoms with Crippen LogP contribution in [0.2, 0.25) is 0 Å². The van der Waals surface area contributed by atoms with Gasteiger partial charge in [-0.25, -0.2) is 8.78 Å². The third-order valence-corrected chi connectivity index (χ3v) is 4.07. The number of nitrogens with zero attached hydrogens (tertiary/aromatic N) is 1. The Labute approximate surface area is 133 Å². The van der Waals surface area contributed by atoms with E-state index in [4.69, 9.17) is 4.42 Å². The second-order valence-corrected chi connectivity index (χ2v) is 5.72. The summed E-state index contributed by atoms with van der Waals surface area (Å²) in [6.07, 6.45) is 3.27. The average molecular weight is 319 g/mol. The van der Waals surface area contributed by atoms with Crippen LogP contribution in [-0.2, 0) is 6.54 Å². The van der Waals surface area contributed by atoms with E-state index in [-0.39, 0.29) is 12.0 Å². The lowest BCUT2D eigenvalue weighted by Gasteiger charge is -2.37. The Bertz CT molecular complexity index is 659. The van der Waals surface area contributed by atoms with Gasteiger partial charge in [-0.05, 0) is 48.6 Å². The molecule has 3 rings (SSSR count). The number of rotatable bonds is 4. The Hall–Kier alpha value is -2.37. The first-order valence-corrected chi connectivity index (χ1v) is 7.59. The van der Waals surface area contributed by atoms with E-state index in [1.165, 1.54) is 12.1 Å². The first kappa shape index (κ1) is 15.5. The number of hydrogen-bond acceptors (Lipinski definition) is 2. The van der Waals surface area contributed by atoms with Crippen LogP contribution in [0.3, 0.4) is 0 Å². The zero-order chi connectivity index (χ0) is 16.2. The predicted molar refractivity (Wildman–Crippen MR) is 84.2 cm³/mol. The topological polar surface area (TPSA) is 49.6 Å². The fourth-order valence-electron chi connectivity index (χ4n) is 2.79. The van der Waals surface area contributed by atoms with Gasteiger partial charge in [0.2, 0.25) is 0 Å². The number of hydrogen-bond donors (Lipinski definition) is 2. The molecule has 1 aliphatic rings. The largest absolute Gasteiger partial charge is 0.467 e. The Morgan fingerprint density at radius 1 is 1.26 bits per heavy atom. The van der Waals surface area contributed by atoms with Crippen LogP contribution in [0, 0.1) is 11.6 Å². The molecule has 0 aliphatic heterocycles. The van der Waals surface area contributed by atoms with E-state index in [1.807, 2.05) is 12.1 Å². The Kier molecular flexibility index (Phi) is 4.60. The molecular formula is C17H19F2N3O. The lowest BCUT2D eigenvalue weighted by atomic mass is 9.76. The maximum absolute atomic E-state index is 13.3. The molecule has 0 spiro atoms. The number of benzene rings is 1. The third kappa shape index (κ3) is 3.88. The fourth-order valence-corrected chi connectivity index (χ4v) is 2.79. The van der Waals surface area contributed by atoms with Gasteiger partial charge in [0.25, 0.3) is 0 Å². The molecule has 0 bridgehead atoms. The quantitative estimate of drug-likeness (QED) is 0.672. The van der Waals surface area contributed by atoms with Crippen molar-refractivity contribution in [1.82, 2.24) is 10.6 Å². The van der Waals surface area contributed by atoms with Gasteiger partial charge in [0, 0.05) is 19.2 Å². The van der Waals surface area contributed by atoms with Gasteiger partial charge in [-0.1, -0.05) is 0 Å². The molecular weight excluding hydrogens is 300 g/mol. The van der Waals surface area contributed by atoms with E-state index >= 15 is 0 Å². The van der Waals surface area contributed by atoms with Gasteiger partial charge in [-0.3, -0.25) is 4.99 Å². The van der Waals surface area contributed by atoms with E-state index < -0.39 is 11.6 Å². The van der Waals surface area contributed by atoms with Gasteiger partial charge in [-0.15, -0.1) is 0 Å². The van der Waals surface area contributed by atoms with Crippen molar-refractivity contribution >= 4 is 5.96 Å². The molecule has 0 amide bonds. The number of furan rings is 1. The van der Waals surface area contributed by atoms with Gasteiger partial charge < -0.3 is 15.1 Å². The molecule has 1 fully saturated rings. The van der Waals surface area contributed by atoms with E-state index in [2.05, 4.69) is 15.6 Å². The van der Waals surface area contributed by atoms with Crippen LogP contribution in [0.15, 0.2) is 46.0 Å². The minimum Gasteiger partial charge on any atom is -0.467 e. The molecule has 4 nitrogen and oxygen atoms in total. The molecule has 0 atom stereocenters. The second kappa shape index (κ2) is 6.81. The second-order valence-electron chi connectivity index (χ2n) is 5.72. The number of nitrogens with one attached hydrogen (secondary N) is 2. The van der Waals surface area contributed by atoms with Crippen LogP contribution in [0.5, 0.6) is 0 Å². The first-order chi connectivity index (χ1) is 11.1. The van der Waals surface area contributed by atoms with Gasteiger partial charge >= 0.3 is 0 Å². The monoisotopic (exact) mass is 319 g/mol. The van der Waals surface area contributed by atoms with Crippen LogP contribution in [0.1, 0.15) is 30.1 Å². The summed E-state index contributed by atoms with van der Waals surface area (Å²) >= 11 is 0. The first-order valence-electron chi connectivity index (χ1n) is 7.59. The van der Waals surface area contributed by atoms with E-state index in [1.54, 1.807) is 13.3 Å². The Balaban J connectivity index is 1.48. The van der Waals surface area contributed by atoms with Gasteiger partial charge in [0.05, 0.1) is 12.8 Å². The van der Waals surface area contributed by atoms with Gasteiger partial charge in [0.1, 0.15) is 17.4 Å². The highest BCUT2D eigenvalue weighted by molar-refractivity contribution is 5.80. The van der Waals surface area contributed by atoms with Crippen LogP contribution >= 0.6 is 0 Å². The highest BCUT2D eigenvalue weighted by atomic mass is 19.1. The van der Waals surface area contributed by atoms with Gasteiger partial charge in [-0.2, -0.15) is 0 Å². The van der Waals surface area contributed by atoms with Gasteiger partial charge in [0.15, 0.2) is 5.96 Å². The molecule has 2 aromatic rings. The van der Waals surface area contributed by atoms with E-state index in [9.17, 15) is 8.78 Å². The fraction of sp³-hybridized carbons (Fsp3) is 0.353. The molecule has 0 radical (unpaired) electrons. The van der Waals surface area contributed by atoms with Crippen LogP contribution in [-0.4, -0.2) is 19.0 Å². The third-order valence-electron chi connectivity index (χ3n) is 4.07. The van der Waals surface area contributed by atoms with E-state index in [0.717, 1.165) is 30.2 Å². The SMILES string of the molecule is CN=C(NCc1ccco1)NC1CC(c2cc(F)cc(F)c2)C1. The number of halogens is 2. The van der Waals surface area contributed by atoms with Crippen molar-refractivity contribution in [1.29, 1.82) is 0 Å². The van der Waals surface area contributed by atoms with Crippen molar-refractivity contribution in [3.05, 3.63) is 59.6 Å². The molecule has 1 aliphatic carbocycles. The van der Waals surface area contributed by atoms with Crippen molar-refractivity contribution < 1.29 is 13.2 Å². The molecule has 1 heterocycles. The van der Waals surface area contributed by atoms with E-state index in [0.29, 0.717) is 12.5 Å². The Morgan fingerprint density at radius 2 is 2.00 bits per heavy atom. The highest BCUT2D eigenvalue weighted by Crippen LogP contribution is 2.37. The summed E-state index contributed by atoms with van der Waals surface area (Å²) in [5.74, 6) is 0.658. The van der Waals surface area contributed by atoms with Crippen molar-refractivity contribution in [2.75, 3.05) is 7.05 Å². The molecule has 122 valence electrons. The smallest absolute Gasteiger partial charge is 0.191 e. The summed E-state index contributed by atoms with van der Waals surface area (Å²) < 4.78 is 31.8. The van der Waals surface area contributed by atoms with Crippen molar-refractivity contribution in [3.63, 3.8) is 0 Å². The lowest BCUT2D eigenvalue weighted by molar-refractivity contribution is 0.320. The predicted octanol–water partition coefficient (Wildman–Crippen LogP) is 3.17. The number of guanidine groups is 1. The van der Waals surface area contributed by atoms with Crippen LogP contribution in [0.25, 0.3) is 0 Å². The summed E-state index contributed by atoms with van der Waals surface area (Å²) in [6.45, 7) is 0.554. The average Bonchev–Trinajstić information content (AvgIpc) is 2.97. The molecule has 1 saturated carbocycles. The zero-order valence-electron chi connectivity index (χ0n) is 12.9. The molecule has 1 aromatic heterocycles. The summed E-state index contributed by atoms with van der Waals surface area (Å²) in [4.78, 5) is 4.17. The Morgan fingerprint density at radius 3 is 2.61 bits per heavy atom. The van der Waals surface area contributed by atoms with Crippen LogP contribution in [0.4, 0.5) is 8.78 Å². The highest BCUT2D eigenvalue weighted by Gasteiger charge is 2.31. The van der Waals surface area contributed by atoms with Crippen molar-refractivity contribution in [2.24, 2.45) is 4.99 Å². The zero-order valence-corrected chi connectivity index (χ0v) is 12.9. The molecule has 1 aromatic carbocycles. The normalized spacial score (nSPS) is 20.9. The summed E-state index contributed by atoms with van der Waals surface area (Å²) in [7, 11) is 1.70. The molecule has 23 heavy (non-hydrogen) atoms. The molecule has 6 heteroatoms. The minimum absolute atomic E-state index is 0.181. The van der Waals surface area contributed by atoms with Crippen molar-refractivity contribution in [2.45, 2.75) is 31.3 Å². The molecule has 2 N–H and O–H groups in total. The molecule has 0 unspecified atom stereocenters. The summed E-state index contributed by atoms with van der Waals surface area (Å²) in [5.41, 5.74) is 0.721. The summed E-state index contributed by atoms with van der Waals surface area (Å²) in [6, 6.07) is 7.69. The molecule has 0 saturated heterocycles. The van der Waals surface area contributed by atoms with Crippen molar-refractivity contribution in [3.8, 4) is 0 Å². The van der Waals surface area contributed by atoms with Crippen LogP contribution < -0.4 is 10.6 Å². The lowest BCUT2D eigenvalue weighted by Crippen LogP contribution is -2.48. The minimum atomic E-state index is -0.521. The maximum atomic E-state index is 13.3. The summed E-state index contributed by atoms with van der Waals surface area (Å²) in [5, 5.41) is 6.47. The number of aliphatic imine (C=N–C) groups is 1. The standard InChI is InChI=1S/C17H19F2N3O/c1-20-17(21-10-16-3-2-4-23-16)22-15-7-12(8-15)11-5-13(18)9-14(19)6-11/h2-6,9,12,15H,7-8,10H2,1H3,(H2,20,21,22).